The first-order valence-corrected chi connectivity index (χ1v) is 4.91. The third kappa shape index (κ3) is 2.10. The molecular formula is C10H16N2O. The van der Waals surface area contributed by atoms with E-state index in [2.05, 4.69) is 17.2 Å². The molecule has 13 heavy (non-hydrogen) atoms. The van der Waals surface area contributed by atoms with E-state index in [1.54, 1.807) is 6.26 Å². The standard InChI is InChI=1S/C10H16N2O/c1-7(11-2)5-9-6-13-10(12-9)8-3-4-8/h6-8,11H,3-5H2,1-2H3. The zero-order chi connectivity index (χ0) is 9.26. The summed E-state index contributed by atoms with van der Waals surface area (Å²) in [5.41, 5.74) is 1.07. The topological polar surface area (TPSA) is 38.1 Å². The summed E-state index contributed by atoms with van der Waals surface area (Å²) in [5.74, 6) is 1.57. The molecule has 0 radical (unpaired) electrons. The summed E-state index contributed by atoms with van der Waals surface area (Å²) < 4.78 is 5.40. The molecule has 1 saturated carbocycles. The van der Waals surface area contributed by atoms with Crippen molar-refractivity contribution < 1.29 is 4.42 Å². The largest absolute Gasteiger partial charge is 0.448 e. The Kier molecular flexibility index (Phi) is 2.36. The second-order valence-corrected chi connectivity index (χ2v) is 3.85. The van der Waals surface area contributed by atoms with Crippen LogP contribution in [0.3, 0.4) is 0 Å². The van der Waals surface area contributed by atoms with E-state index < -0.39 is 0 Å². The Bertz CT molecular complexity index is 278. The van der Waals surface area contributed by atoms with Gasteiger partial charge in [-0.05, 0) is 26.8 Å². The Balaban J connectivity index is 1.96. The van der Waals surface area contributed by atoms with Gasteiger partial charge in [0.05, 0.1) is 5.69 Å². The smallest absolute Gasteiger partial charge is 0.197 e. The van der Waals surface area contributed by atoms with Gasteiger partial charge in [0, 0.05) is 18.4 Å². The van der Waals surface area contributed by atoms with Crippen molar-refractivity contribution in [2.45, 2.75) is 38.1 Å². The van der Waals surface area contributed by atoms with Gasteiger partial charge in [0.25, 0.3) is 0 Å². The third-order valence-corrected chi connectivity index (χ3v) is 2.50. The van der Waals surface area contributed by atoms with Crippen LogP contribution in [0.2, 0.25) is 0 Å². The maximum absolute atomic E-state index is 5.40. The molecule has 0 aromatic carbocycles. The van der Waals surface area contributed by atoms with Crippen LogP contribution < -0.4 is 5.32 Å². The molecule has 1 N–H and O–H groups in total. The molecule has 2 rings (SSSR count). The first kappa shape index (κ1) is 8.75. The van der Waals surface area contributed by atoms with Crippen molar-refractivity contribution in [2.75, 3.05) is 7.05 Å². The molecule has 3 nitrogen and oxygen atoms in total. The normalized spacial score (nSPS) is 18.9. The zero-order valence-electron chi connectivity index (χ0n) is 8.21. The summed E-state index contributed by atoms with van der Waals surface area (Å²) in [7, 11) is 1.96. The number of likely N-dealkylation sites (N-methyl/N-ethyl adjacent to an activating group) is 1. The molecule has 0 spiro atoms. The lowest BCUT2D eigenvalue weighted by molar-refractivity contribution is 0.496. The quantitative estimate of drug-likeness (QED) is 0.766. The second-order valence-electron chi connectivity index (χ2n) is 3.85. The van der Waals surface area contributed by atoms with E-state index in [-0.39, 0.29) is 0 Å². The predicted octanol–water partition coefficient (Wildman–Crippen LogP) is 1.70. The fourth-order valence-corrected chi connectivity index (χ4v) is 1.35. The number of nitrogens with one attached hydrogen (secondary N) is 1. The van der Waals surface area contributed by atoms with Gasteiger partial charge in [-0.25, -0.2) is 4.98 Å². The fourth-order valence-electron chi connectivity index (χ4n) is 1.35. The summed E-state index contributed by atoms with van der Waals surface area (Å²) in [4.78, 5) is 4.45. The van der Waals surface area contributed by atoms with Crippen molar-refractivity contribution in [3.63, 3.8) is 0 Å². The minimum atomic E-state index is 0.470. The van der Waals surface area contributed by atoms with Gasteiger partial charge < -0.3 is 9.73 Å². The number of oxazole rings is 1. The molecule has 0 aliphatic heterocycles. The highest BCUT2D eigenvalue weighted by Gasteiger charge is 2.28. The molecular weight excluding hydrogens is 164 g/mol. The summed E-state index contributed by atoms with van der Waals surface area (Å²) in [6, 6.07) is 0.470. The van der Waals surface area contributed by atoms with Crippen LogP contribution in [0.25, 0.3) is 0 Å². The molecule has 1 fully saturated rings. The molecule has 72 valence electrons. The van der Waals surface area contributed by atoms with E-state index in [0.717, 1.165) is 18.0 Å². The highest BCUT2D eigenvalue weighted by atomic mass is 16.3. The lowest BCUT2D eigenvalue weighted by atomic mass is 10.2. The molecule has 0 amide bonds. The average Bonchev–Trinajstić information content (AvgIpc) is 2.88. The van der Waals surface area contributed by atoms with Gasteiger partial charge in [0.2, 0.25) is 0 Å². The van der Waals surface area contributed by atoms with E-state index >= 15 is 0 Å². The summed E-state index contributed by atoms with van der Waals surface area (Å²) >= 11 is 0. The summed E-state index contributed by atoms with van der Waals surface area (Å²) in [6.07, 6.45) is 5.25. The SMILES string of the molecule is CNC(C)Cc1coc(C2CC2)n1. The fraction of sp³-hybridized carbons (Fsp3) is 0.700. The van der Waals surface area contributed by atoms with Gasteiger partial charge in [-0.1, -0.05) is 0 Å². The van der Waals surface area contributed by atoms with Crippen LogP contribution in [0.15, 0.2) is 10.7 Å². The van der Waals surface area contributed by atoms with Crippen LogP contribution in [-0.2, 0) is 6.42 Å². The Labute approximate surface area is 78.5 Å². The van der Waals surface area contributed by atoms with Gasteiger partial charge in [-0.2, -0.15) is 0 Å². The van der Waals surface area contributed by atoms with Crippen molar-refractivity contribution in [3.8, 4) is 0 Å². The summed E-state index contributed by atoms with van der Waals surface area (Å²) in [6.45, 7) is 2.14. The van der Waals surface area contributed by atoms with Crippen molar-refractivity contribution in [3.05, 3.63) is 17.8 Å². The van der Waals surface area contributed by atoms with Crippen molar-refractivity contribution in [1.29, 1.82) is 0 Å². The highest BCUT2D eigenvalue weighted by Crippen LogP contribution is 2.39. The van der Waals surface area contributed by atoms with Crippen molar-refractivity contribution in [1.82, 2.24) is 10.3 Å². The molecule has 1 aliphatic carbocycles. The monoisotopic (exact) mass is 180 g/mol. The van der Waals surface area contributed by atoms with E-state index in [4.69, 9.17) is 4.42 Å². The van der Waals surface area contributed by atoms with E-state index in [9.17, 15) is 0 Å². The van der Waals surface area contributed by atoms with Crippen LogP contribution in [0.5, 0.6) is 0 Å². The van der Waals surface area contributed by atoms with Crippen LogP contribution in [0.1, 0.15) is 37.3 Å². The third-order valence-electron chi connectivity index (χ3n) is 2.50. The first-order chi connectivity index (χ1) is 6.29. The molecule has 3 heteroatoms. The lowest BCUT2D eigenvalue weighted by Gasteiger charge is -2.05. The molecule has 1 aromatic rings. The maximum atomic E-state index is 5.40. The van der Waals surface area contributed by atoms with Gasteiger partial charge in [-0.15, -0.1) is 0 Å². The minimum Gasteiger partial charge on any atom is -0.448 e. The Morgan fingerprint density at radius 3 is 3.08 bits per heavy atom. The van der Waals surface area contributed by atoms with E-state index in [1.807, 2.05) is 7.05 Å². The van der Waals surface area contributed by atoms with Gasteiger partial charge in [0.15, 0.2) is 5.89 Å². The van der Waals surface area contributed by atoms with E-state index in [1.165, 1.54) is 12.8 Å². The molecule has 1 aromatic heterocycles. The molecule has 0 bridgehead atoms. The van der Waals surface area contributed by atoms with Gasteiger partial charge in [0.1, 0.15) is 6.26 Å². The van der Waals surface area contributed by atoms with Crippen LogP contribution in [0, 0.1) is 0 Å². The number of hydrogen-bond donors (Lipinski definition) is 1. The Hall–Kier alpha value is -0.830. The highest BCUT2D eigenvalue weighted by molar-refractivity contribution is 5.06. The number of rotatable bonds is 4. The zero-order valence-corrected chi connectivity index (χ0v) is 8.21. The van der Waals surface area contributed by atoms with Crippen LogP contribution >= 0.6 is 0 Å². The lowest BCUT2D eigenvalue weighted by Crippen LogP contribution is -2.23. The summed E-state index contributed by atoms with van der Waals surface area (Å²) in [5, 5.41) is 3.19. The Morgan fingerprint density at radius 1 is 1.69 bits per heavy atom. The average molecular weight is 180 g/mol. The maximum Gasteiger partial charge on any atom is 0.197 e. The van der Waals surface area contributed by atoms with E-state index in [0.29, 0.717) is 12.0 Å². The molecule has 1 unspecified atom stereocenters. The number of aromatic nitrogens is 1. The molecule has 0 saturated heterocycles. The van der Waals surface area contributed by atoms with Crippen molar-refractivity contribution >= 4 is 0 Å². The molecule has 1 aliphatic rings. The number of hydrogen-bond acceptors (Lipinski definition) is 3. The predicted molar refractivity (Wildman–Crippen MR) is 50.7 cm³/mol. The Morgan fingerprint density at radius 2 is 2.46 bits per heavy atom. The van der Waals surface area contributed by atoms with Crippen LogP contribution in [-0.4, -0.2) is 18.1 Å². The second kappa shape index (κ2) is 3.50. The molecule has 1 heterocycles. The minimum absolute atomic E-state index is 0.470. The molecule has 1 atom stereocenters. The first-order valence-electron chi connectivity index (χ1n) is 4.91. The van der Waals surface area contributed by atoms with Gasteiger partial charge >= 0.3 is 0 Å². The number of nitrogens with zero attached hydrogens (tertiary/aromatic N) is 1. The van der Waals surface area contributed by atoms with Crippen LogP contribution in [0.4, 0.5) is 0 Å². The van der Waals surface area contributed by atoms with Gasteiger partial charge in [-0.3, -0.25) is 0 Å². The van der Waals surface area contributed by atoms with Crippen molar-refractivity contribution in [2.24, 2.45) is 0 Å².